The Morgan fingerprint density at radius 1 is 1.03 bits per heavy atom. The van der Waals surface area contributed by atoms with E-state index in [0.717, 1.165) is 33.4 Å². The summed E-state index contributed by atoms with van der Waals surface area (Å²) in [5.74, 6) is 0.485. The molecule has 4 rings (SSSR count). The molecule has 0 radical (unpaired) electrons. The Balaban J connectivity index is 1.56. The van der Waals surface area contributed by atoms with Crippen LogP contribution < -0.4 is 5.32 Å². The van der Waals surface area contributed by atoms with Gasteiger partial charge in [-0.15, -0.1) is 0 Å². The number of amides is 1. The fourth-order valence-electron chi connectivity index (χ4n) is 3.27. The predicted molar refractivity (Wildman–Crippen MR) is 123 cm³/mol. The first-order chi connectivity index (χ1) is 15.3. The van der Waals surface area contributed by atoms with Gasteiger partial charge in [0.15, 0.2) is 0 Å². The Hall–Kier alpha value is -3.52. The first-order valence-corrected chi connectivity index (χ1v) is 10.5. The van der Waals surface area contributed by atoms with Crippen LogP contribution in [0.25, 0.3) is 34.3 Å². The maximum absolute atomic E-state index is 12.4. The highest BCUT2D eigenvalue weighted by Crippen LogP contribution is 2.36. The Morgan fingerprint density at radius 2 is 1.78 bits per heavy atom. The number of nitrogens with one attached hydrogen (secondary N) is 2. The number of nitrogens with zero attached hydrogens (tertiary/aromatic N) is 1. The van der Waals surface area contributed by atoms with Crippen LogP contribution in [0.4, 0.5) is 18.9 Å². The van der Waals surface area contributed by atoms with E-state index in [1.165, 1.54) is 19.1 Å². The van der Waals surface area contributed by atoms with Gasteiger partial charge in [-0.2, -0.15) is 13.2 Å². The van der Waals surface area contributed by atoms with Gasteiger partial charge < -0.3 is 10.3 Å². The molecule has 0 aliphatic heterocycles. The quantitative estimate of drug-likeness (QED) is 0.321. The van der Waals surface area contributed by atoms with E-state index >= 15 is 0 Å². The number of thioether (sulfide) groups is 1. The van der Waals surface area contributed by atoms with Gasteiger partial charge in [0, 0.05) is 23.1 Å². The van der Waals surface area contributed by atoms with E-state index in [0.29, 0.717) is 5.82 Å². The summed E-state index contributed by atoms with van der Waals surface area (Å²) in [6, 6.07) is 19.5. The summed E-state index contributed by atoms with van der Waals surface area (Å²) in [6.45, 7) is 1.47. The molecule has 2 N–H and O–H groups in total. The third-order valence-corrected chi connectivity index (χ3v) is 5.34. The summed E-state index contributed by atoms with van der Waals surface area (Å²) in [4.78, 5) is 19.4. The van der Waals surface area contributed by atoms with Crippen LogP contribution in [0.5, 0.6) is 0 Å². The molecule has 3 aromatic carbocycles. The Morgan fingerprint density at radius 3 is 2.50 bits per heavy atom. The van der Waals surface area contributed by atoms with E-state index in [-0.39, 0.29) is 22.6 Å². The number of imidazole rings is 1. The van der Waals surface area contributed by atoms with Crippen molar-refractivity contribution in [2.75, 3.05) is 5.32 Å². The van der Waals surface area contributed by atoms with Crippen molar-refractivity contribution in [1.82, 2.24) is 9.97 Å². The number of hydrogen-bond donors (Lipinski definition) is 2. The molecule has 0 unspecified atom stereocenters. The van der Waals surface area contributed by atoms with Crippen molar-refractivity contribution in [2.45, 2.75) is 17.3 Å². The minimum atomic E-state index is -4.30. The minimum Gasteiger partial charge on any atom is -0.338 e. The number of H-pyrrole nitrogens is 1. The van der Waals surface area contributed by atoms with Gasteiger partial charge in [0.25, 0.3) is 0 Å². The maximum Gasteiger partial charge on any atom is 0.446 e. The molecule has 0 fully saturated rings. The molecule has 0 aliphatic carbocycles. The summed E-state index contributed by atoms with van der Waals surface area (Å²) >= 11 is -0.135. The maximum atomic E-state index is 12.4. The van der Waals surface area contributed by atoms with Crippen LogP contribution >= 0.6 is 11.8 Å². The SMILES string of the molecule is CC(=O)Nc1ccccc1-c1ccc2nc(C=Cc3ccc(SC(F)(F)F)cc3)[nH]c2c1. The molecule has 0 saturated heterocycles. The number of aromatic amines is 1. The number of carbonyl (C=O) groups excluding carboxylic acids is 1. The Bertz CT molecular complexity index is 1290. The van der Waals surface area contributed by atoms with Crippen molar-refractivity contribution >= 4 is 46.5 Å². The number of fused-ring (bicyclic) bond motifs is 1. The van der Waals surface area contributed by atoms with E-state index in [1.54, 1.807) is 24.3 Å². The van der Waals surface area contributed by atoms with Crippen molar-refractivity contribution < 1.29 is 18.0 Å². The van der Waals surface area contributed by atoms with E-state index in [1.807, 2.05) is 42.5 Å². The van der Waals surface area contributed by atoms with Crippen LogP contribution in [0.1, 0.15) is 18.3 Å². The number of para-hydroxylation sites is 1. The number of anilines is 1. The van der Waals surface area contributed by atoms with Gasteiger partial charge in [0.1, 0.15) is 5.82 Å². The number of carbonyl (C=O) groups is 1. The molecule has 1 heterocycles. The Labute approximate surface area is 186 Å². The lowest BCUT2D eigenvalue weighted by molar-refractivity contribution is -0.114. The first kappa shape index (κ1) is 21.7. The van der Waals surface area contributed by atoms with Crippen LogP contribution in [0.2, 0.25) is 0 Å². The highest BCUT2D eigenvalue weighted by molar-refractivity contribution is 8.00. The number of benzene rings is 3. The molecule has 0 aliphatic rings. The number of rotatable bonds is 5. The second-order valence-electron chi connectivity index (χ2n) is 7.03. The lowest BCUT2D eigenvalue weighted by Gasteiger charge is -2.09. The van der Waals surface area contributed by atoms with Crippen molar-refractivity contribution in [2.24, 2.45) is 0 Å². The zero-order chi connectivity index (χ0) is 22.7. The predicted octanol–water partition coefficient (Wildman–Crippen LogP) is 6.97. The number of hydrogen-bond acceptors (Lipinski definition) is 3. The zero-order valence-corrected chi connectivity index (χ0v) is 17.7. The van der Waals surface area contributed by atoms with Crippen molar-refractivity contribution in [3.63, 3.8) is 0 Å². The lowest BCUT2D eigenvalue weighted by atomic mass is 10.0. The fraction of sp³-hybridized carbons (Fsp3) is 0.0833. The fourth-order valence-corrected chi connectivity index (χ4v) is 3.80. The molecule has 4 nitrogen and oxygen atoms in total. The summed E-state index contributed by atoms with van der Waals surface area (Å²) in [5, 5.41) is 2.84. The largest absolute Gasteiger partial charge is 0.446 e. The summed E-state index contributed by atoms with van der Waals surface area (Å²) in [5.41, 5.74) is 0.631. The lowest BCUT2D eigenvalue weighted by Crippen LogP contribution is -2.06. The van der Waals surface area contributed by atoms with Crippen LogP contribution in [0.15, 0.2) is 71.6 Å². The van der Waals surface area contributed by atoms with Gasteiger partial charge in [0.2, 0.25) is 5.91 Å². The van der Waals surface area contributed by atoms with E-state index in [4.69, 9.17) is 0 Å². The Kier molecular flexibility index (Phi) is 6.05. The van der Waals surface area contributed by atoms with Crippen LogP contribution in [0, 0.1) is 0 Å². The highest BCUT2D eigenvalue weighted by atomic mass is 32.2. The van der Waals surface area contributed by atoms with Crippen molar-refractivity contribution in [3.05, 3.63) is 78.1 Å². The van der Waals surface area contributed by atoms with E-state index in [9.17, 15) is 18.0 Å². The van der Waals surface area contributed by atoms with E-state index < -0.39 is 5.51 Å². The first-order valence-electron chi connectivity index (χ1n) is 9.67. The van der Waals surface area contributed by atoms with Crippen LogP contribution in [-0.4, -0.2) is 21.4 Å². The third-order valence-electron chi connectivity index (χ3n) is 4.60. The molecule has 8 heteroatoms. The molecule has 4 aromatic rings. The van der Waals surface area contributed by atoms with Gasteiger partial charge in [-0.1, -0.05) is 42.5 Å². The van der Waals surface area contributed by atoms with E-state index in [2.05, 4.69) is 15.3 Å². The van der Waals surface area contributed by atoms with Gasteiger partial charge >= 0.3 is 5.51 Å². The molecule has 1 amide bonds. The monoisotopic (exact) mass is 453 g/mol. The standard InChI is InChI=1S/C24H18F3N3OS/c1-15(31)28-20-5-3-2-4-19(20)17-9-12-21-22(14-17)30-23(29-21)13-8-16-6-10-18(11-7-16)32-24(25,26)27/h2-14H,1H3,(H,28,31)(H,29,30). The molecule has 0 spiro atoms. The summed E-state index contributed by atoms with van der Waals surface area (Å²) < 4.78 is 37.3. The molecule has 0 saturated carbocycles. The zero-order valence-electron chi connectivity index (χ0n) is 16.9. The molecule has 162 valence electrons. The van der Waals surface area contributed by atoms with Crippen molar-refractivity contribution in [3.8, 4) is 11.1 Å². The third kappa shape index (κ3) is 5.39. The van der Waals surface area contributed by atoms with Gasteiger partial charge in [-0.3, -0.25) is 4.79 Å². The second-order valence-corrected chi connectivity index (χ2v) is 8.17. The smallest absolute Gasteiger partial charge is 0.338 e. The number of alkyl halides is 3. The highest BCUT2D eigenvalue weighted by Gasteiger charge is 2.28. The van der Waals surface area contributed by atoms with Crippen LogP contribution in [0.3, 0.4) is 0 Å². The summed E-state index contributed by atoms with van der Waals surface area (Å²) in [6.07, 6.45) is 3.56. The van der Waals surface area contributed by atoms with Gasteiger partial charge in [-0.05, 0) is 59.3 Å². The van der Waals surface area contributed by atoms with Crippen molar-refractivity contribution in [1.29, 1.82) is 0 Å². The molecule has 32 heavy (non-hydrogen) atoms. The number of halogens is 3. The van der Waals surface area contributed by atoms with Crippen LogP contribution in [-0.2, 0) is 4.79 Å². The second kappa shape index (κ2) is 8.92. The average Bonchev–Trinajstić information content (AvgIpc) is 3.14. The van der Waals surface area contributed by atoms with Gasteiger partial charge in [-0.25, -0.2) is 4.98 Å². The average molecular weight is 453 g/mol. The van der Waals surface area contributed by atoms with Gasteiger partial charge in [0.05, 0.1) is 11.0 Å². The molecule has 1 aromatic heterocycles. The molecular formula is C24H18F3N3OS. The molecule has 0 bridgehead atoms. The number of aromatic nitrogens is 2. The normalized spacial score (nSPS) is 11.9. The minimum absolute atomic E-state index is 0.135. The molecular weight excluding hydrogens is 435 g/mol. The summed E-state index contributed by atoms with van der Waals surface area (Å²) in [7, 11) is 0. The molecule has 0 atom stereocenters. The topological polar surface area (TPSA) is 57.8 Å².